The van der Waals surface area contributed by atoms with Gasteiger partial charge in [0.15, 0.2) is 0 Å². The number of aliphatic hydroxyl groups excluding tert-OH is 1. The number of ketones is 1. The van der Waals surface area contributed by atoms with E-state index >= 15 is 0 Å². The van der Waals surface area contributed by atoms with Crippen LogP contribution in [0.3, 0.4) is 0 Å². The lowest BCUT2D eigenvalue weighted by molar-refractivity contribution is -0.140. The van der Waals surface area contributed by atoms with Crippen LogP contribution in [-0.4, -0.2) is 31.7 Å². The van der Waals surface area contributed by atoms with Gasteiger partial charge in [0.2, 0.25) is 0 Å². The van der Waals surface area contributed by atoms with Crippen LogP contribution in [0, 0.1) is 13.8 Å². The van der Waals surface area contributed by atoms with E-state index in [0.717, 1.165) is 16.7 Å². The maximum atomic E-state index is 13.1. The molecule has 1 fully saturated rings. The number of carbonyl (C=O) groups excluding carboxylic acids is 2. The van der Waals surface area contributed by atoms with Crippen molar-refractivity contribution >= 4 is 17.4 Å². The summed E-state index contributed by atoms with van der Waals surface area (Å²) >= 11 is 0. The molecule has 6 nitrogen and oxygen atoms in total. The van der Waals surface area contributed by atoms with Gasteiger partial charge in [-0.2, -0.15) is 0 Å². The summed E-state index contributed by atoms with van der Waals surface area (Å²) in [5.41, 5.74) is 3.98. The molecule has 1 aliphatic heterocycles. The van der Waals surface area contributed by atoms with Crippen LogP contribution in [0.5, 0.6) is 0 Å². The van der Waals surface area contributed by atoms with E-state index in [1.165, 1.54) is 4.90 Å². The highest BCUT2D eigenvalue weighted by atomic mass is 16.3. The van der Waals surface area contributed by atoms with Crippen molar-refractivity contribution in [1.82, 2.24) is 14.9 Å². The highest BCUT2D eigenvalue weighted by Crippen LogP contribution is 2.40. The summed E-state index contributed by atoms with van der Waals surface area (Å²) in [4.78, 5) is 35.6. The number of nitrogens with zero attached hydrogens (tertiary/aromatic N) is 3. The minimum atomic E-state index is -0.707. The molecule has 6 heteroatoms. The van der Waals surface area contributed by atoms with Crippen LogP contribution in [0.25, 0.3) is 5.76 Å². The van der Waals surface area contributed by atoms with Crippen molar-refractivity contribution in [2.75, 3.05) is 0 Å². The Balaban J connectivity index is 1.89. The molecule has 0 radical (unpaired) electrons. The number of pyridine rings is 2. The Morgan fingerprint density at radius 3 is 2.27 bits per heavy atom. The summed E-state index contributed by atoms with van der Waals surface area (Å²) in [5.74, 6) is -1.49. The maximum absolute atomic E-state index is 13.1. The zero-order chi connectivity index (χ0) is 21.3. The molecule has 150 valence electrons. The number of hydrogen-bond donors (Lipinski definition) is 1. The van der Waals surface area contributed by atoms with E-state index in [-0.39, 0.29) is 17.9 Å². The fraction of sp³-hybridized carbons (Fsp3) is 0.167. The van der Waals surface area contributed by atoms with E-state index in [1.807, 2.05) is 32.0 Å². The number of aryl methyl sites for hydroxylation is 2. The zero-order valence-electron chi connectivity index (χ0n) is 16.7. The Morgan fingerprint density at radius 1 is 0.967 bits per heavy atom. The smallest absolute Gasteiger partial charge is 0.295 e. The standard InChI is InChI=1S/C24H21N3O3/c1-15-3-4-16(2)19(13-15)22(28)20-21(18-7-11-26-12-8-18)27(24(30)23(20)29)14-17-5-9-25-10-6-17/h3-13,21,28H,14H2,1-2H3/b22-20+. The Bertz CT molecular complexity index is 1140. The van der Waals surface area contributed by atoms with Crippen LogP contribution >= 0.6 is 0 Å². The minimum absolute atomic E-state index is 0.0916. The molecule has 1 saturated heterocycles. The molecule has 1 atom stereocenters. The molecule has 1 aliphatic rings. The lowest BCUT2D eigenvalue weighted by Crippen LogP contribution is -2.29. The van der Waals surface area contributed by atoms with Crippen molar-refractivity contribution in [3.05, 3.63) is 101 Å². The topological polar surface area (TPSA) is 83.4 Å². The third kappa shape index (κ3) is 3.48. The second-order valence-electron chi connectivity index (χ2n) is 7.38. The van der Waals surface area contributed by atoms with Crippen molar-refractivity contribution in [3.63, 3.8) is 0 Å². The number of hydrogen-bond acceptors (Lipinski definition) is 5. The fourth-order valence-electron chi connectivity index (χ4n) is 3.76. The third-order valence-electron chi connectivity index (χ3n) is 5.31. The van der Waals surface area contributed by atoms with Crippen LogP contribution in [0.1, 0.15) is 33.9 Å². The van der Waals surface area contributed by atoms with Crippen molar-refractivity contribution in [2.45, 2.75) is 26.4 Å². The summed E-state index contributed by atoms with van der Waals surface area (Å²) in [6.45, 7) is 4.01. The zero-order valence-corrected chi connectivity index (χ0v) is 16.7. The van der Waals surface area contributed by atoms with Gasteiger partial charge in [-0.1, -0.05) is 17.7 Å². The van der Waals surface area contributed by atoms with E-state index in [2.05, 4.69) is 9.97 Å². The fourth-order valence-corrected chi connectivity index (χ4v) is 3.76. The van der Waals surface area contributed by atoms with Gasteiger partial charge in [0.05, 0.1) is 11.6 Å². The third-order valence-corrected chi connectivity index (χ3v) is 5.31. The number of carbonyl (C=O) groups is 2. The quantitative estimate of drug-likeness (QED) is 0.411. The first kappa shape index (κ1) is 19.5. The number of aromatic nitrogens is 2. The molecule has 3 heterocycles. The molecule has 4 rings (SSSR count). The predicted octanol–water partition coefficient (Wildman–Crippen LogP) is 3.72. The normalized spacial score (nSPS) is 18.1. The van der Waals surface area contributed by atoms with Crippen molar-refractivity contribution < 1.29 is 14.7 Å². The molecular formula is C24H21N3O3. The highest BCUT2D eigenvalue weighted by molar-refractivity contribution is 6.46. The minimum Gasteiger partial charge on any atom is -0.507 e. The van der Waals surface area contributed by atoms with Crippen LogP contribution in [-0.2, 0) is 16.1 Å². The summed E-state index contributed by atoms with van der Waals surface area (Å²) in [6.07, 6.45) is 6.51. The molecular weight excluding hydrogens is 378 g/mol. The Kier molecular flexibility index (Phi) is 5.14. The Labute approximate surface area is 174 Å². The van der Waals surface area contributed by atoms with Crippen LogP contribution in [0.2, 0.25) is 0 Å². The van der Waals surface area contributed by atoms with Gasteiger partial charge >= 0.3 is 0 Å². The summed E-state index contributed by atoms with van der Waals surface area (Å²) in [6, 6.07) is 12.1. The first-order chi connectivity index (χ1) is 14.5. The number of rotatable bonds is 4. The van der Waals surface area contributed by atoms with Crippen LogP contribution < -0.4 is 0 Å². The van der Waals surface area contributed by atoms with Gasteiger partial charge < -0.3 is 10.0 Å². The average Bonchev–Trinajstić information content (AvgIpc) is 3.01. The van der Waals surface area contributed by atoms with E-state index < -0.39 is 17.7 Å². The van der Waals surface area contributed by atoms with E-state index in [1.54, 1.807) is 49.1 Å². The van der Waals surface area contributed by atoms with Gasteiger partial charge in [-0.25, -0.2) is 0 Å². The summed E-state index contributed by atoms with van der Waals surface area (Å²) in [7, 11) is 0. The molecule has 3 aromatic rings. The molecule has 2 aromatic heterocycles. The molecule has 1 unspecified atom stereocenters. The van der Waals surface area contributed by atoms with E-state index in [9.17, 15) is 14.7 Å². The maximum Gasteiger partial charge on any atom is 0.295 e. The first-order valence-electron chi connectivity index (χ1n) is 9.62. The number of amides is 1. The van der Waals surface area contributed by atoms with Gasteiger partial charge in [-0.15, -0.1) is 0 Å². The molecule has 0 saturated carbocycles. The lowest BCUT2D eigenvalue weighted by Gasteiger charge is -2.25. The molecule has 1 N–H and O–H groups in total. The van der Waals surface area contributed by atoms with Crippen molar-refractivity contribution in [3.8, 4) is 0 Å². The van der Waals surface area contributed by atoms with Crippen molar-refractivity contribution in [2.24, 2.45) is 0 Å². The Hall–Kier alpha value is -3.80. The lowest BCUT2D eigenvalue weighted by atomic mass is 9.93. The number of benzene rings is 1. The molecule has 0 aliphatic carbocycles. The molecule has 0 bridgehead atoms. The summed E-state index contributed by atoms with van der Waals surface area (Å²) < 4.78 is 0. The first-order valence-corrected chi connectivity index (χ1v) is 9.62. The monoisotopic (exact) mass is 399 g/mol. The van der Waals surface area contributed by atoms with E-state index in [0.29, 0.717) is 11.1 Å². The molecule has 1 amide bonds. The van der Waals surface area contributed by atoms with Crippen LogP contribution in [0.15, 0.2) is 72.8 Å². The Morgan fingerprint density at radius 2 is 1.60 bits per heavy atom. The number of likely N-dealkylation sites (tertiary alicyclic amines) is 1. The largest absolute Gasteiger partial charge is 0.507 e. The second kappa shape index (κ2) is 7.91. The molecule has 0 spiro atoms. The van der Waals surface area contributed by atoms with Gasteiger partial charge in [0.25, 0.3) is 11.7 Å². The van der Waals surface area contributed by atoms with Crippen LogP contribution in [0.4, 0.5) is 0 Å². The van der Waals surface area contributed by atoms with Gasteiger partial charge in [-0.3, -0.25) is 19.6 Å². The SMILES string of the molecule is Cc1ccc(C)c(/C(O)=C2\C(=O)C(=O)N(Cc3ccncc3)C2c2ccncc2)c1. The second-order valence-corrected chi connectivity index (χ2v) is 7.38. The predicted molar refractivity (Wildman–Crippen MR) is 112 cm³/mol. The number of aliphatic hydroxyl groups is 1. The summed E-state index contributed by atoms with van der Waals surface area (Å²) in [5, 5.41) is 11.2. The van der Waals surface area contributed by atoms with Gasteiger partial charge in [0.1, 0.15) is 5.76 Å². The molecule has 1 aromatic carbocycles. The van der Waals surface area contributed by atoms with Gasteiger partial charge in [0, 0.05) is 36.9 Å². The highest BCUT2D eigenvalue weighted by Gasteiger charge is 2.46. The average molecular weight is 399 g/mol. The number of Topliss-reactive ketones (excluding diaryl/α,β-unsaturated/α-hetero) is 1. The van der Waals surface area contributed by atoms with Gasteiger partial charge in [-0.05, 0) is 60.9 Å². The molecule has 30 heavy (non-hydrogen) atoms. The van der Waals surface area contributed by atoms with Crippen molar-refractivity contribution in [1.29, 1.82) is 0 Å². The van der Waals surface area contributed by atoms with E-state index in [4.69, 9.17) is 0 Å².